The minimum absolute atomic E-state index is 0.0704. The summed E-state index contributed by atoms with van der Waals surface area (Å²) in [5.41, 5.74) is 5.74. The summed E-state index contributed by atoms with van der Waals surface area (Å²) in [5, 5.41) is 19.0. The van der Waals surface area contributed by atoms with E-state index in [1.807, 2.05) is 6.92 Å². The maximum atomic E-state index is 12.4. The number of amides is 1. The van der Waals surface area contributed by atoms with Crippen molar-refractivity contribution in [3.8, 4) is 0 Å². The van der Waals surface area contributed by atoms with Crippen molar-refractivity contribution < 1.29 is 10.0 Å². The molecule has 1 fully saturated rings. The van der Waals surface area contributed by atoms with Crippen LogP contribution in [0.15, 0.2) is 5.16 Å². The lowest BCUT2D eigenvalue weighted by molar-refractivity contribution is 0.0909. The van der Waals surface area contributed by atoms with Crippen LogP contribution in [0.1, 0.15) is 54.4 Å². The number of aromatic nitrogens is 2. The van der Waals surface area contributed by atoms with Crippen molar-refractivity contribution in [2.45, 2.75) is 51.0 Å². The summed E-state index contributed by atoms with van der Waals surface area (Å²) in [6.07, 6.45) is 5.00. The van der Waals surface area contributed by atoms with Crippen LogP contribution in [0.5, 0.6) is 0 Å². The van der Waals surface area contributed by atoms with Crippen LogP contribution in [0.3, 0.4) is 0 Å². The summed E-state index contributed by atoms with van der Waals surface area (Å²) >= 11 is 1.07. The van der Waals surface area contributed by atoms with Crippen molar-refractivity contribution in [3.63, 3.8) is 0 Å². The van der Waals surface area contributed by atoms with Gasteiger partial charge in [0.2, 0.25) is 0 Å². The van der Waals surface area contributed by atoms with Crippen molar-refractivity contribution in [2.75, 3.05) is 0 Å². The molecule has 0 spiro atoms. The molecule has 1 aliphatic rings. The molecule has 0 radical (unpaired) electrons. The second-order valence-electron chi connectivity index (χ2n) is 4.98. The Morgan fingerprint density at radius 2 is 2.20 bits per heavy atom. The quantitative estimate of drug-likeness (QED) is 0.335. The highest BCUT2D eigenvalue weighted by atomic mass is 32.1. The number of amidine groups is 1. The Bertz CT molecular complexity index is 508. The maximum absolute atomic E-state index is 12.4. The Kier molecular flexibility index (Phi) is 4.53. The lowest BCUT2D eigenvalue weighted by Gasteiger charge is -2.36. The van der Waals surface area contributed by atoms with Crippen LogP contribution in [0.4, 0.5) is 0 Å². The highest BCUT2D eigenvalue weighted by molar-refractivity contribution is 7.08. The second kappa shape index (κ2) is 6.17. The summed E-state index contributed by atoms with van der Waals surface area (Å²) in [7, 11) is 0. The molecule has 1 heterocycles. The van der Waals surface area contributed by atoms with E-state index in [9.17, 15) is 4.79 Å². The summed E-state index contributed by atoms with van der Waals surface area (Å²) < 4.78 is 3.81. The average molecular weight is 297 g/mol. The van der Waals surface area contributed by atoms with E-state index in [2.05, 4.69) is 20.1 Å². The number of aryl methyl sites for hydroxylation is 1. The van der Waals surface area contributed by atoms with Crippen molar-refractivity contribution in [3.05, 3.63) is 10.6 Å². The standard InChI is InChI=1S/C12H19N5O2S/c1-2-8-9(20-17-15-8)10(18)14-12(11(13)16-19)6-4-3-5-7-12/h19H,2-7H2,1H3,(H2,13,16)(H,14,18). The Morgan fingerprint density at radius 3 is 2.80 bits per heavy atom. The number of nitrogens with zero attached hydrogens (tertiary/aromatic N) is 3. The SMILES string of the molecule is CCc1nnsc1C(=O)NC1(C(N)=NO)CCCCC1. The molecule has 1 aromatic rings. The molecule has 0 bridgehead atoms. The van der Waals surface area contributed by atoms with E-state index >= 15 is 0 Å². The van der Waals surface area contributed by atoms with Crippen molar-refractivity contribution >= 4 is 23.3 Å². The molecule has 1 aliphatic carbocycles. The van der Waals surface area contributed by atoms with Crippen LogP contribution in [-0.4, -0.2) is 32.1 Å². The van der Waals surface area contributed by atoms with E-state index in [-0.39, 0.29) is 11.7 Å². The molecule has 0 unspecified atom stereocenters. The fourth-order valence-electron chi connectivity index (χ4n) is 2.58. The number of hydrogen-bond donors (Lipinski definition) is 3. The Morgan fingerprint density at radius 1 is 1.50 bits per heavy atom. The number of carbonyl (C=O) groups excluding carboxylic acids is 1. The summed E-state index contributed by atoms with van der Waals surface area (Å²) in [4.78, 5) is 12.9. The molecule has 8 heteroatoms. The van der Waals surface area contributed by atoms with Crippen molar-refractivity contribution in [2.24, 2.45) is 10.9 Å². The summed E-state index contributed by atoms with van der Waals surface area (Å²) in [5.74, 6) is -0.175. The topological polar surface area (TPSA) is 113 Å². The van der Waals surface area contributed by atoms with Gasteiger partial charge in [-0.2, -0.15) is 0 Å². The van der Waals surface area contributed by atoms with E-state index in [4.69, 9.17) is 10.9 Å². The second-order valence-corrected chi connectivity index (χ2v) is 5.74. The predicted molar refractivity (Wildman–Crippen MR) is 76.0 cm³/mol. The number of nitrogens with two attached hydrogens (primary N) is 1. The van der Waals surface area contributed by atoms with E-state index < -0.39 is 5.54 Å². The molecule has 1 aromatic heterocycles. The fraction of sp³-hybridized carbons (Fsp3) is 0.667. The van der Waals surface area contributed by atoms with E-state index in [0.717, 1.165) is 30.8 Å². The Labute approximate surface area is 121 Å². The number of carbonyl (C=O) groups is 1. The minimum Gasteiger partial charge on any atom is -0.409 e. The number of oxime groups is 1. The smallest absolute Gasteiger partial charge is 0.265 e. The highest BCUT2D eigenvalue weighted by Gasteiger charge is 2.39. The molecule has 7 nitrogen and oxygen atoms in total. The van der Waals surface area contributed by atoms with Gasteiger partial charge in [0.25, 0.3) is 5.91 Å². The molecule has 1 saturated carbocycles. The van der Waals surface area contributed by atoms with Gasteiger partial charge >= 0.3 is 0 Å². The molecule has 1 amide bonds. The zero-order chi connectivity index (χ0) is 14.6. The molecule has 2 rings (SSSR count). The Hall–Kier alpha value is -1.70. The van der Waals surface area contributed by atoms with Gasteiger partial charge in [0.05, 0.1) is 5.69 Å². The normalized spacial score (nSPS) is 18.8. The number of rotatable bonds is 4. The first-order valence-electron chi connectivity index (χ1n) is 6.74. The lowest BCUT2D eigenvalue weighted by atomic mass is 9.80. The van der Waals surface area contributed by atoms with Crippen LogP contribution in [0.2, 0.25) is 0 Å². The monoisotopic (exact) mass is 297 g/mol. The third-order valence-corrected chi connectivity index (χ3v) is 4.52. The summed E-state index contributed by atoms with van der Waals surface area (Å²) in [6.45, 7) is 1.92. The molecule has 0 saturated heterocycles. The van der Waals surface area contributed by atoms with E-state index in [1.165, 1.54) is 0 Å². The van der Waals surface area contributed by atoms with Crippen molar-refractivity contribution in [1.82, 2.24) is 14.9 Å². The maximum Gasteiger partial charge on any atom is 0.265 e. The van der Waals surface area contributed by atoms with E-state index in [1.54, 1.807) is 0 Å². The Balaban J connectivity index is 2.22. The first-order chi connectivity index (χ1) is 9.63. The van der Waals surface area contributed by atoms with Gasteiger partial charge in [-0.05, 0) is 30.8 Å². The van der Waals surface area contributed by atoms with Gasteiger partial charge < -0.3 is 16.3 Å². The molecule has 0 aromatic carbocycles. The highest BCUT2D eigenvalue weighted by Crippen LogP contribution is 2.29. The van der Waals surface area contributed by atoms with Crippen molar-refractivity contribution in [1.29, 1.82) is 0 Å². The molecule has 0 atom stereocenters. The van der Waals surface area contributed by atoms with Crippen LogP contribution >= 0.6 is 11.5 Å². The van der Waals surface area contributed by atoms with Crippen LogP contribution in [0, 0.1) is 0 Å². The fourth-order valence-corrected chi connectivity index (χ4v) is 3.23. The number of hydrogen-bond acceptors (Lipinski definition) is 6. The molecular weight excluding hydrogens is 278 g/mol. The first kappa shape index (κ1) is 14.7. The third kappa shape index (κ3) is 2.74. The predicted octanol–water partition coefficient (Wildman–Crippen LogP) is 1.28. The van der Waals surface area contributed by atoms with Gasteiger partial charge in [-0.3, -0.25) is 4.79 Å². The number of nitrogens with one attached hydrogen (secondary N) is 1. The van der Waals surface area contributed by atoms with Gasteiger partial charge in [0.15, 0.2) is 5.84 Å². The average Bonchev–Trinajstić information content (AvgIpc) is 2.95. The van der Waals surface area contributed by atoms with Gasteiger partial charge in [-0.25, -0.2) is 0 Å². The first-order valence-corrected chi connectivity index (χ1v) is 7.52. The summed E-state index contributed by atoms with van der Waals surface area (Å²) in [6, 6.07) is 0. The van der Waals surface area contributed by atoms with Gasteiger partial charge in [-0.1, -0.05) is 35.8 Å². The lowest BCUT2D eigenvalue weighted by Crippen LogP contribution is -2.58. The van der Waals surface area contributed by atoms with Gasteiger partial charge in [0, 0.05) is 0 Å². The van der Waals surface area contributed by atoms with Crippen LogP contribution in [0.25, 0.3) is 0 Å². The minimum atomic E-state index is -0.751. The molecule has 110 valence electrons. The third-order valence-electron chi connectivity index (χ3n) is 3.75. The van der Waals surface area contributed by atoms with Crippen LogP contribution in [-0.2, 0) is 6.42 Å². The van der Waals surface area contributed by atoms with Gasteiger partial charge in [0.1, 0.15) is 10.4 Å². The zero-order valence-corrected chi connectivity index (χ0v) is 12.2. The molecule has 0 aliphatic heterocycles. The van der Waals surface area contributed by atoms with E-state index in [0.29, 0.717) is 29.8 Å². The largest absolute Gasteiger partial charge is 0.409 e. The van der Waals surface area contributed by atoms with Gasteiger partial charge in [-0.15, -0.1) is 5.10 Å². The molecule has 4 N–H and O–H groups in total. The zero-order valence-electron chi connectivity index (χ0n) is 11.4. The molecule has 20 heavy (non-hydrogen) atoms. The van der Waals surface area contributed by atoms with Crippen LogP contribution < -0.4 is 11.1 Å². The molecular formula is C12H19N5O2S.